The van der Waals surface area contributed by atoms with E-state index in [9.17, 15) is 18.4 Å². The molecule has 4 N–H and O–H groups in total. The Kier molecular flexibility index (Phi) is 6.71. The molecule has 1 aliphatic rings. The van der Waals surface area contributed by atoms with Crippen molar-refractivity contribution in [3.05, 3.63) is 64.9 Å². The van der Waals surface area contributed by atoms with Gasteiger partial charge in [0.1, 0.15) is 11.5 Å². The van der Waals surface area contributed by atoms with Crippen LogP contribution in [0.15, 0.2) is 40.8 Å². The van der Waals surface area contributed by atoms with Crippen LogP contribution in [0.4, 0.5) is 14.5 Å². The number of primary amides is 1. The number of nitrogens with one attached hydrogen (secondary N) is 1. The van der Waals surface area contributed by atoms with E-state index in [1.54, 1.807) is 18.2 Å². The summed E-state index contributed by atoms with van der Waals surface area (Å²) in [6.45, 7) is 2.72. The summed E-state index contributed by atoms with van der Waals surface area (Å²) >= 11 is 0. The first kappa shape index (κ1) is 22.9. The van der Waals surface area contributed by atoms with Gasteiger partial charge in [-0.15, -0.1) is 0 Å². The van der Waals surface area contributed by atoms with E-state index in [1.165, 1.54) is 0 Å². The number of likely N-dealkylation sites (tertiary alicyclic amines) is 1. The van der Waals surface area contributed by atoms with Gasteiger partial charge < -0.3 is 20.6 Å². The van der Waals surface area contributed by atoms with Crippen molar-refractivity contribution in [2.24, 2.45) is 11.7 Å². The maximum Gasteiger partial charge on any atom is 0.286 e. The predicted octanol–water partition coefficient (Wildman–Crippen LogP) is 3.66. The molecule has 1 fully saturated rings. The maximum absolute atomic E-state index is 14.1. The number of rotatable bonds is 7. The highest BCUT2D eigenvalue weighted by Crippen LogP contribution is 2.33. The molecule has 1 saturated heterocycles. The van der Waals surface area contributed by atoms with Gasteiger partial charge in [-0.2, -0.15) is 0 Å². The molecule has 0 aliphatic carbocycles. The highest BCUT2D eigenvalue weighted by atomic mass is 19.1. The summed E-state index contributed by atoms with van der Waals surface area (Å²) in [5.74, 6) is -3.37. The quantitative estimate of drug-likeness (QED) is 0.502. The van der Waals surface area contributed by atoms with Crippen LogP contribution in [0.25, 0.3) is 11.0 Å². The number of piperidine rings is 1. The molecule has 2 amide bonds. The average Bonchev–Trinajstić information content (AvgIpc) is 3.14. The molecule has 0 saturated carbocycles. The number of furan rings is 1. The van der Waals surface area contributed by atoms with Crippen LogP contribution in [-0.2, 0) is 6.54 Å². The van der Waals surface area contributed by atoms with Gasteiger partial charge in [0.25, 0.3) is 11.8 Å². The molecule has 1 aromatic heterocycles. The van der Waals surface area contributed by atoms with Gasteiger partial charge in [-0.05, 0) is 62.0 Å². The Morgan fingerprint density at radius 2 is 1.94 bits per heavy atom. The van der Waals surface area contributed by atoms with Gasteiger partial charge in [0.15, 0.2) is 11.4 Å². The number of anilines is 1. The SMILES string of the molecule is NC(=O)c1oc2c(F)cc(F)cc2c1NC(=O)c1cccc(CN2CCC(CCO)CC2)c1. The first-order valence-electron chi connectivity index (χ1n) is 10.8. The third kappa shape index (κ3) is 5.04. The van der Waals surface area contributed by atoms with Crippen LogP contribution < -0.4 is 11.1 Å². The molecule has 174 valence electrons. The van der Waals surface area contributed by atoms with Gasteiger partial charge in [0, 0.05) is 24.8 Å². The van der Waals surface area contributed by atoms with Crippen molar-refractivity contribution in [1.29, 1.82) is 0 Å². The number of aliphatic hydroxyl groups is 1. The largest absolute Gasteiger partial charge is 0.446 e. The fraction of sp³-hybridized carbons (Fsp3) is 0.333. The van der Waals surface area contributed by atoms with Gasteiger partial charge in [0.05, 0.1) is 5.39 Å². The minimum Gasteiger partial charge on any atom is -0.446 e. The Bertz CT molecular complexity index is 1190. The van der Waals surface area contributed by atoms with Crippen molar-refractivity contribution in [3.63, 3.8) is 0 Å². The molecule has 33 heavy (non-hydrogen) atoms. The van der Waals surface area contributed by atoms with Crippen LogP contribution in [0.5, 0.6) is 0 Å². The lowest BCUT2D eigenvalue weighted by Gasteiger charge is -2.31. The Morgan fingerprint density at radius 3 is 2.64 bits per heavy atom. The summed E-state index contributed by atoms with van der Waals surface area (Å²) in [5.41, 5.74) is 6.05. The zero-order valence-electron chi connectivity index (χ0n) is 17.9. The molecular formula is C24H25F2N3O4. The first-order valence-corrected chi connectivity index (χ1v) is 10.8. The number of halogens is 2. The molecular weight excluding hydrogens is 432 g/mol. The summed E-state index contributed by atoms with van der Waals surface area (Å²) in [7, 11) is 0. The van der Waals surface area contributed by atoms with E-state index in [0.717, 1.165) is 44.0 Å². The number of nitrogens with zero attached hydrogens (tertiary/aromatic N) is 1. The van der Waals surface area contributed by atoms with Gasteiger partial charge in [-0.1, -0.05) is 12.1 Å². The molecule has 0 spiro atoms. The summed E-state index contributed by atoms with van der Waals surface area (Å²) < 4.78 is 33.0. The van der Waals surface area contributed by atoms with Crippen LogP contribution in [0, 0.1) is 17.6 Å². The third-order valence-electron chi connectivity index (χ3n) is 6.01. The minimum absolute atomic E-state index is 0.0865. The molecule has 9 heteroatoms. The number of carbonyl (C=O) groups excluding carboxylic acids is 2. The van der Waals surface area contributed by atoms with E-state index < -0.39 is 29.2 Å². The number of hydrogen-bond donors (Lipinski definition) is 3. The second kappa shape index (κ2) is 9.68. The van der Waals surface area contributed by atoms with Crippen molar-refractivity contribution in [2.75, 3.05) is 25.0 Å². The van der Waals surface area contributed by atoms with Gasteiger partial charge in [-0.25, -0.2) is 8.78 Å². The summed E-state index contributed by atoms with van der Waals surface area (Å²) in [6.07, 6.45) is 2.88. The van der Waals surface area contributed by atoms with Crippen molar-refractivity contribution in [1.82, 2.24) is 4.90 Å². The number of benzene rings is 2. The molecule has 0 radical (unpaired) electrons. The number of amides is 2. The standard InChI is InChI=1S/C24H25F2N3O4/c25-17-11-18-20(22(23(27)31)33-21(18)19(26)12-17)28-24(32)16-3-1-2-15(10-16)13-29-7-4-14(5-8-29)6-9-30/h1-3,10-12,14,30H,4-9,13H2,(H2,27,31)(H,28,32). The highest BCUT2D eigenvalue weighted by molar-refractivity contribution is 6.14. The van der Waals surface area contributed by atoms with Crippen LogP contribution in [-0.4, -0.2) is 41.5 Å². The Balaban J connectivity index is 1.52. The highest BCUT2D eigenvalue weighted by Gasteiger charge is 2.24. The van der Waals surface area contributed by atoms with Crippen LogP contribution >= 0.6 is 0 Å². The molecule has 0 bridgehead atoms. The molecule has 3 aromatic rings. The Hall–Kier alpha value is -3.30. The van der Waals surface area contributed by atoms with E-state index >= 15 is 0 Å². The summed E-state index contributed by atoms with van der Waals surface area (Å²) in [5, 5.41) is 11.6. The van der Waals surface area contributed by atoms with E-state index in [1.807, 2.05) is 6.07 Å². The number of fused-ring (bicyclic) bond motifs is 1. The van der Waals surface area contributed by atoms with Crippen LogP contribution in [0.1, 0.15) is 45.7 Å². The minimum atomic E-state index is -1.01. The molecule has 0 atom stereocenters. The number of hydrogen-bond acceptors (Lipinski definition) is 5. The Morgan fingerprint density at radius 1 is 1.18 bits per heavy atom. The molecule has 2 aromatic carbocycles. The smallest absolute Gasteiger partial charge is 0.286 e. The zero-order valence-corrected chi connectivity index (χ0v) is 17.9. The second-order valence-corrected chi connectivity index (χ2v) is 8.32. The van der Waals surface area contributed by atoms with E-state index in [2.05, 4.69) is 10.2 Å². The Labute approximate surface area is 189 Å². The molecule has 7 nitrogen and oxygen atoms in total. The molecule has 2 heterocycles. The normalized spacial score (nSPS) is 15.1. The maximum atomic E-state index is 14.1. The molecule has 1 aliphatic heterocycles. The van der Waals surface area contributed by atoms with Crippen molar-refractivity contribution < 1.29 is 27.9 Å². The van der Waals surface area contributed by atoms with Crippen molar-refractivity contribution >= 4 is 28.5 Å². The van der Waals surface area contributed by atoms with Crippen molar-refractivity contribution in [2.45, 2.75) is 25.8 Å². The monoisotopic (exact) mass is 457 g/mol. The summed E-state index contributed by atoms with van der Waals surface area (Å²) in [4.78, 5) is 27.0. The van der Waals surface area contributed by atoms with E-state index in [0.29, 0.717) is 24.1 Å². The lowest BCUT2D eigenvalue weighted by Crippen LogP contribution is -2.33. The topological polar surface area (TPSA) is 109 Å². The summed E-state index contributed by atoms with van der Waals surface area (Å²) in [6, 6.07) is 8.62. The van der Waals surface area contributed by atoms with Crippen LogP contribution in [0.2, 0.25) is 0 Å². The lowest BCUT2D eigenvalue weighted by atomic mass is 9.93. The fourth-order valence-electron chi connectivity index (χ4n) is 4.29. The first-order chi connectivity index (χ1) is 15.9. The number of carbonyl (C=O) groups is 2. The third-order valence-corrected chi connectivity index (χ3v) is 6.01. The molecule has 0 unspecified atom stereocenters. The van der Waals surface area contributed by atoms with Gasteiger partial charge in [0.2, 0.25) is 5.76 Å². The average molecular weight is 457 g/mol. The van der Waals surface area contributed by atoms with Gasteiger partial charge >= 0.3 is 0 Å². The number of aliphatic hydroxyl groups excluding tert-OH is 1. The zero-order chi connectivity index (χ0) is 23.5. The number of nitrogens with two attached hydrogens (primary N) is 1. The fourth-order valence-corrected chi connectivity index (χ4v) is 4.29. The second-order valence-electron chi connectivity index (χ2n) is 8.32. The van der Waals surface area contributed by atoms with Crippen LogP contribution in [0.3, 0.4) is 0 Å². The lowest BCUT2D eigenvalue weighted by molar-refractivity contribution is 0.0977. The molecule has 4 rings (SSSR count). The van der Waals surface area contributed by atoms with E-state index in [-0.39, 0.29) is 23.3 Å². The van der Waals surface area contributed by atoms with Crippen molar-refractivity contribution in [3.8, 4) is 0 Å². The van der Waals surface area contributed by atoms with Gasteiger partial charge in [-0.3, -0.25) is 14.5 Å². The predicted molar refractivity (Wildman–Crippen MR) is 119 cm³/mol. The van der Waals surface area contributed by atoms with E-state index in [4.69, 9.17) is 15.3 Å².